The van der Waals surface area contributed by atoms with E-state index in [1.165, 1.54) is 65.7 Å². The summed E-state index contributed by atoms with van der Waals surface area (Å²) in [7, 11) is 0. The zero-order valence-electron chi connectivity index (χ0n) is 24.3. The Hall–Kier alpha value is -2.64. The van der Waals surface area contributed by atoms with Gasteiger partial charge in [-0.2, -0.15) is 0 Å². The van der Waals surface area contributed by atoms with Gasteiger partial charge in [0.25, 0.3) is 0 Å². The van der Waals surface area contributed by atoms with Crippen molar-refractivity contribution in [3.05, 3.63) is 116 Å². The summed E-state index contributed by atoms with van der Waals surface area (Å²) in [6, 6.07) is 28.5. The summed E-state index contributed by atoms with van der Waals surface area (Å²) in [5.41, 5.74) is 15.1. The average molecular weight is 564 g/mol. The Morgan fingerprint density at radius 2 is 0.842 bits per heavy atom. The maximum Gasteiger partial charge on any atom is 0.0736 e. The molecule has 0 saturated heterocycles. The van der Waals surface area contributed by atoms with E-state index in [0.29, 0.717) is 0 Å². The van der Waals surface area contributed by atoms with E-state index in [4.69, 9.17) is 0 Å². The third-order valence-corrected chi connectivity index (χ3v) is 9.50. The molecule has 0 radical (unpaired) electrons. The molecule has 0 fully saturated rings. The van der Waals surface area contributed by atoms with Crippen molar-refractivity contribution in [2.75, 3.05) is 0 Å². The highest BCUT2D eigenvalue weighted by Gasteiger charge is 2.53. The summed E-state index contributed by atoms with van der Waals surface area (Å²) in [5, 5.41) is 0. The fraction of sp³-hybridized carbons (Fsp3) is 0.351. The van der Waals surface area contributed by atoms with Crippen LogP contribution in [0.1, 0.15) is 101 Å². The van der Waals surface area contributed by atoms with E-state index < -0.39 is 0 Å². The Bertz CT molecular complexity index is 1510. The molecule has 2 aliphatic rings. The molecule has 194 valence electrons. The number of benzene rings is 4. The smallest absolute Gasteiger partial charge is 0.0605 e. The van der Waals surface area contributed by atoms with Crippen LogP contribution in [0.3, 0.4) is 0 Å². The molecular formula is C37H39Br. The van der Waals surface area contributed by atoms with Crippen molar-refractivity contribution in [1.82, 2.24) is 0 Å². The minimum absolute atomic E-state index is 0.0625. The molecular weight excluding hydrogens is 524 g/mol. The summed E-state index contributed by atoms with van der Waals surface area (Å²) in [6.45, 7) is 20.9. The third kappa shape index (κ3) is 3.47. The molecule has 0 aromatic heterocycles. The molecule has 0 unspecified atom stereocenters. The Labute approximate surface area is 237 Å². The second-order valence-corrected chi connectivity index (χ2v) is 15.3. The Balaban J connectivity index is 1.84. The summed E-state index contributed by atoms with van der Waals surface area (Å²) < 4.78 is 1.18. The van der Waals surface area contributed by atoms with Gasteiger partial charge in [-0.1, -0.05) is 145 Å². The molecule has 0 nitrogen and oxygen atoms in total. The molecule has 6 rings (SSSR count). The van der Waals surface area contributed by atoms with Crippen molar-refractivity contribution < 1.29 is 0 Å². The minimum Gasteiger partial charge on any atom is -0.0605 e. The van der Waals surface area contributed by atoms with Crippen molar-refractivity contribution in [2.24, 2.45) is 0 Å². The summed E-state index contributed by atoms with van der Waals surface area (Å²) in [5.74, 6) is 0. The van der Waals surface area contributed by atoms with Crippen LogP contribution in [0.5, 0.6) is 0 Å². The lowest BCUT2D eigenvalue weighted by Crippen LogP contribution is -2.28. The lowest BCUT2D eigenvalue weighted by molar-refractivity contribution is 0.584. The van der Waals surface area contributed by atoms with Gasteiger partial charge in [-0.15, -0.1) is 0 Å². The standard InChI is InChI=1S/C37H39Br/c1-34(2,3)22-13-16-25-26-17-14-23(35(4,5)6)20-30(26)37(29(25)19-22)31-21-24(36(7,8)9)15-18-27(31)28-11-10-12-32(38)33(28)37/h10-21H,1-9H3. The number of hydrogen-bond donors (Lipinski definition) is 0. The molecule has 4 aromatic carbocycles. The maximum absolute atomic E-state index is 4.07. The molecule has 4 aromatic rings. The third-order valence-electron chi connectivity index (χ3n) is 8.84. The van der Waals surface area contributed by atoms with Crippen molar-refractivity contribution in [3.8, 4) is 22.3 Å². The van der Waals surface area contributed by atoms with Gasteiger partial charge in [0.2, 0.25) is 0 Å². The van der Waals surface area contributed by atoms with Crippen LogP contribution >= 0.6 is 15.9 Å². The zero-order valence-corrected chi connectivity index (χ0v) is 25.9. The van der Waals surface area contributed by atoms with Crippen LogP contribution in [0.15, 0.2) is 77.3 Å². The maximum atomic E-state index is 4.07. The van der Waals surface area contributed by atoms with Crippen LogP contribution in [0.4, 0.5) is 0 Å². The lowest BCUT2D eigenvalue weighted by Gasteiger charge is -2.34. The molecule has 38 heavy (non-hydrogen) atoms. The van der Waals surface area contributed by atoms with Crippen molar-refractivity contribution >= 4 is 15.9 Å². The zero-order chi connectivity index (χ0) is 27.4. The van der Waals surface area contributed by atoms with Crippen LogP contribution in [-0.2, 0) is 21.7 Å². The highest BCUT2D eigenvalue weighted by atomic mass is 79.9. The first-order valence-corrected chi connectivity index (χ1v) is 14.7. The van der Waals surface area contributed by atoms with Gasteiger partial charge in [0.05, 0.1) is 5.41 Å². The number of rotatable bonds is 0. The first kappa shape index (κ1) is 25.6. The molecule has 0 atom stereocenters. The van der Waals surface area contributed by atoms with E-state index in [9.17, 15) is 0 Å². The topological polar surface area (TPSA) is 0 Å². The van der Waals surface area contributed by atoms with Gasteiger partial charge in [-0.05, 0) is 83.5 Å². The van der Waals surface area contributed by atoms with Crippen LogP contribution in [0.2, 0.25) is 0 Å². The van der Waals surface area contributed by atoms with Gasteiger partial charge in [0.15, 0.2) is 0 Å². The summed E-state index contributed by atoms with van der Waals surface area (Å²) in [4.78, 5) is 0. The molecule has 0 bridgehead atoms. The normalized spacial score (nSPS) is 15.3. The van der Waals surface area contributed by atoms with E-state index in [0.717, 1.165) is 0 Å². The summed E-state index contributed by atoms with van der Waals surface area (Å²) >= 11 is 4.07. The molecule has 0 amide bonds. The van der Waals surface area contributed by atoms with Crippen molar-refractivity contribution in [1.29, 1.82) is 0 Å². The van der Waals surface area contributed by atoms with E-state index in [2.05, 4.69) is 151 Å². The molecule has 2 aliphatic carbocycles. The SMILES string of the molecule is CC(C)(C)c1ccc2c(c1)C1(c3cc(C(C)(C)C)ccc3-2)c2cc(C(C)(C)C)ccc2-c2cccc(Br)c21. The van der Waals surface area contributed by atoms with E-state index >= 15 is 0 Å². The fourth-order valence-electron chi connectivity index (χ4n) is 6.64. The number of fused-ring (bicyclic) bond motifs is 10. The van der Waals surface area contributed by atoms with Gasteiger partial charge < -0.3 is 0 Å². The Morgan fingerprint density at radius 3 is 1.21 bits per heavy atom. The first-order valence-electron chi connectivity index (χ1n) is 13.9. The molecule has 0 saturated carbocycles. The predicted octanol–water partition coefficient (Wildman–Crippen LogP) is 10.7. The molecule has 1 heteroatoms. The number of halogens is 1. The van der Waals surface area contributed by atoms with Crippen LogP contribution in [-0.4, -0.2) is 0 Å². The van der Waals surface area contributed by atoms with Gasteiger partial charge in [0.1, 0.15) is 0 Å². The molecule has 1 spiro atoms. The van der Waals surface area contributed by atoms with Crippen LogP contribution in [0, 0.1) is 0 Å². The van der Waals surface area contributed by atoms with E-state index in [1.807, 2.05) is 0 Å². The molecule has 0 N–H and O–H groups in total. The van der Waals surface area contributed by atoms with Crippen molar-refractivity contribution in [2.45, 2.75) is 84.0 Å². The van der Waals surface area contributed by atoms with Crippen LogP contribution in [0.25, 0.3) is 22.3 Å². The van der Waals surface area contributed by atoms with E-state index in [1.54, 1.807) is 0 Å². The highest BCUT2D eigenvalue weighted by molar-refractivity contribution is 9.10. The predicted molar refractivity (Wildman–Crippen MR) is 167 cm³/mol. The quantitative estimate of drug-likeness (QED) is 0.172. The van der Waals surface area contributed by atoms with Gasteiger partial charge in [-0.3, -0.25) is 0 Å². The lowest BCUT2D eigenvalue weighted by atomic mass is 9.68. The highest BCUT2D eigenvalue weighted by Crippen LogP contribution is 2.65. The molecule has 0 aliphatic heterocycles. The second-order valence-electron chi connectivity index (χ2n) is 14.4. The first-order chi connectivity index (χ1) is 17.6. The molecule has 0 heterocycles. The fourth-order valence-corrected chi connectivity index (χ4v) is 7.30. The Kier molecular flexibility index (Phi) is 5.36. The van der Waals surface area contributed by atoms with Gasteiger partial charge >= 0.3 is 0 Å². The van der Waals surface area contributed by atoms with E-state index in [-0.39, 0.29) is 21.7 Å². The number of hydrogen-bond acceptors (Lipinski definition) is 0. The van der Waals surface area contributed by atoms with Gasteiger partial charge in [-0.25, -0.2) is 0 Å². The monoisotopic (exact) mass is 562 g/mol. The largest absolute Gasteiger partial charge is 0.0736 e. The minimum atomic E-state index is -0.362. The van der Waals surface area contributed by atoms with Gasteiger partial charge in [0, 0.05) is 4.47 Å². The van der Waals surface area contributed by atoms with Crippen LogP contribution < -0.4 is 0 Å². The average Bonchev–Trinajstić information content (AvgIpc) is 3.29. The Morgan fingerprint density at radius 1 is 0.474 bits per heavy atom. The second kappa shape index (κ2) is 7.95. The summed E-state index contributed by atoms with van der Waals surface area (Å²) in [6.07, 6.45) is 0. The van der Waals surface area contributed by atoms with Crippen molar-refractivity contribution in [3.63, 3.8) is 0 Å².